The highest BCUT2D eigenvalue weighted by Gasteiger charge is 2.29. The first-order valence-corrected chi connectivity index (χ1v) is 12.0. The molecule has 1 amide bonds. The topological polar surface area (TPSA) is 75.4 Å². The van der Waals surface area contributed by atoms with Crippen molar-refractivity contribution in [3.8, 4) is 0 Å². The maximum atomic E-state index is 13.2. The van der Waals surface area contributed by atoms with Gasteiger partial charge in [-0.2, -0.15) is 4.52 Å². The summed E-state index contributed by atoms with van der Waals surface area (Å²) in [4.78, 5) is 15.5. The standard InChI is InChI=1S/C25H32N6O/c32-25(27-22(20-9-5-2-6-10-20)17-19-7-3-1-4-8-19)21-13-15-30(16-14-21)24-12-11-23-28-26-18-31(23)29-24/h2,5-6,9-12,18-19,21-22H,1,3-4,7-8,13-17H2,(H,27,32). The summed E-state index contributed by atoms with van der Waals surface area (Å²) in [6.45, 7) is 1.66. The normalized spacial score (nSPS) is 19.2. The highest BCUT2D eigenvalue weighted by molar-refractivity contribution is 5.79. The van der Waals surface area contributed by atoms with Gasteiger partial charge in [-0.3, -0.25) is 4.79 Å². The van der Waals surface area contributed by atoms with Gasteiger partial charge in [0.05, 0.1) is 6.04 Å². The summed E-state index contributed by atoms with van der Waals surface area (Å²) < 4.78 is 1.70. The Balaban J connectivity index is 1.21. The van der Waals surface area contributed by atoms with Crippen LogP contribution in [0.3, 0.4) is 0 Å². The van der Waals surface area contributed by atoms with Crippen molar-refractivity contribution < 1.29 is 4.79 Å². The summed E-state index contributed by atoms with van der Waals surface area (Å²) in [5.41, 5.74) is 1.98. The van der Waals surface area contributed by atoms with Gasteiger partial charge >= 0.3 is 0 Å². The number of piperidine rings is 1. The van der Waals surface area contributed by atoms with Crippen molar-refractivity contribution in [1.29, 1.82) is 0 Å². The summed E-state index contributed by atoms with van der Waals surface area (Å²) in [6.07, 6.45) is 11.0. The third-order valence-electron chi connectivity index (χ3n) is 7.15. The van der Waals surface area contributed by atoms with E-state index in [4.69, 9.17) is 0 Å². The molecule has 3 heterocycles. The highest BCUT2D eigenvalue weighted by Crippen LogP contribution is 2.32. The van der Waals surface area contributed by atoms with Crippen LogP contribution in [0.4, 0.5) is 5.82 Å². The summed E-state index contributed by atoms with van der Waals surface area (Å²) in [5, 5.41) is 15.9. The second kappa shape index (κ2) is 9.67. The Morgan fingerprint density at radius 2 is 1.78 bits per heavy atom. The Labute approximate surface area is 189 Å². The van der Waals surface area contributed by atoms with Gasteiger partial charge in [0, 0.05) is 19.0 Å². The van der Waals surface area contributed by atoms with E-state index in [9.17, 15) is 4.79 Å². The van der Waals surface area contributed by atoms with Gasteiger partial charge in [-0.1, -0.05) is 62.4 Å². The predicted octanol–water partition coefficient (Wildman–Crippen LogP) is 4.17. The summed E-state index contributed by atoms with van der Waals surface area (Å²) in [5.74, 6) is 1.89. The van der Waals surface area contributed by atoms with E-state index < -0.39 is 0 Å². The molecule has 7 nitrogen and oxygen atoms in total. The minimum Gasteiger partial charge on any atom is -0.355 e. The largest absolute Gasteiger partial charge is 0.355 e. The second-order valence-electron chi connectivity index (χ2n) is 9.30. The first-order chi connectivity index (χ1) is 15.8. The molecule has 5 rings (SSSR count). The number of nitrogens with zero attached hydrogens (tertiary/aromatic N) is 5. The molecule has 1 aliphatic carbocycles. The second-order valence-corrected chi connectivity index (χ2v) is 9.30. The number of hydrogen-bond donors (Lipinski definition) is 1. The van der Waals surface area contributed by atoms with Crippen LogP contribution in [-0.2, 0) is 4.79 Å². The van der Waals surface area contributed by atoms with Crippen molar-refractivity contribution in [2.24, 2.45) is 11.8 Å². The molecule has 1 N–H and O–H groups in total. The molecule has 3 aromatic rings. The van der Waals surface area contributed by atoms with E-state index >= 15 is 0 Å². The minimum absolute atomic E-state index is 0.0578. The molecule has 168 valence electrons. The van der Waals surface area contributed by atoms with Crippen LogP contribution in [0, 0.1) is 11.8 Å². The van der Waals surface area contributed by atoms with E-state index in [1.54, 1.807) is 10.8 Å². The molecule has 7 heteroatoms. The van der Waals surface area contributed by atoms with Crippen molar-refractivity contribution in [2.45, 2.75) is 57.4 Å². The number of rotatable bonds is 6. The Morgan fingerprint density at radius 1 is 1.00 bits per heavy atom. The lowest BCUT2D eigenvalue weighted by Gasteiger charge is -2.33. The van der Waals surface area contributed by atoms with Crippen LogP contribution in [-0.4, -0.2) is 38.8 Å². The summed E-state index contributed by atoms with van der Waals surface area (Å²) in [7, 11) is 0. The molecule has 2 fully saturated rings. The summed E-state index contributed by atoms with van der Waals surface area (Å²) in [6, 6.07) is 14.5. The van der Waals surface area contributed by atoms with Crippen LogP contribution in [0.15, 0.2) is 48.8 Å². The molecule has 1 saturated heterocycles. The van der Waals surface area contributed by atoms with Crippen molar-refractivity contribution >= 4 is 17.4 Å². The van der Waals surface area contributed by atoms with Gasteiger partial charge in [0.1, 0.15) is 12.1 Å². The third kappa shape index (κ3) is 4.76. The lowest BCUT2D eigenvalue weighted by atomic mass is 9.83. The molecule has 1 aliphatic heterocycles. The molecule has 1 saturated carbocycles. The lowest BCUT2D eigenvalue weighted by molar-refractivity contribution is -0.126. The fraction of sp³-hybridized carbons (Fsp3) is 0.520. The monoisotopic (exact) mass is 432 g/mol. The number of carbonyl (C=O) groups excluding carboxylic acids is 1. The fourth-order valence-electron chi connectivity index (χ4n) is 5.27. The van der Waals surface area contributed by atoms with Gasteiger partial charge in [0.2, 0.25) is 5.91 Å². The average molecular weight is 433 g/mol. The van der Waals surface area contributed by atoms with Crippen LogP contribution in [0.1, 0.15) is 63.0 Å². The van der Waals surface area contributed by atoms with Crippen LogP contribution >= 0.6 is 0 Å². The zero-order chi connectivity index (χ0) is 21.8. The molecule has 1 atom stereocenters. The van der Waals surface area contributed by atoms with Crippen LogP contribution < -0.4 is 10.2 Å². The van der Waals surface area contributed by atoms with E-state index in [1.165, 1.54) is 37.7 Å². The quantitative estimate of drug-likeness (QED) is 0.633. The van der Waals surface area contributed by atoms with Crippen molar-refractivity contribution in [3.63, 3.8) is 0 Å². The number of aromatic nitrogens is 4. The predicted molar refractivity (Wildman–Crippen MR) is 124 cm³/mol. The Hall–Kier alpha value is -2.96. The smallest absolute Gasteiger partial charge is 0.223 e. The molecule has 32 heavy (non-hydrogen) atoms. The molecule has 0 spiro atoms. The highest BCUT2D eigenvalue weighted by atomic mass is 16.2. The number of hydrogen-bond acceptors (Lipinski definition) is 5. The van der Waals surface area contributed by atoms with Gasteiger partial charge in [-0.25, -0.2) is 0 Å². The van der Waals surface area contributed by atoms with Crippen LogP contribution in [0.25, 0.3) is 5.65 Å². The van der Waals surface area contributed by atoms with E-state index in [-0.39, 0.29) is 17.9 Å². The number of amides is 1. The van der Waals surface area contributed by atoms with Gasteiger partial charge < -0.3 is 10.2 Å². The number of carbonyl (C=O) groups is 1. The van der Waals surface area contributed by atoms with Crippen LogP contribution in [0.5, 0.6) is 0 Å². The molecule has 0 bridgehead atoms. The van der Waals surface area contributed by atoms with E-state index in [2.05, 4.69) is 49.8 Å². The SMILES string of the molecule is O=C(NC(CC1CCCCC1)c1ccccc1)C1CCN(c2ccc3nncn3n2)CC1. The molecule has 1 aromatic carbocycles. The van der Waals surface area contributed by atoms with E-state index in [0.717, 1.165) is 49.7 Å². The maximum Gasteiger partial charge on any atom is 0.223 e. The first kappa shape index (κ1) is 20.9. The third-order valence-corrected chi connectivity index (χ3v) is 7.15. The number of fused-ring (bicyclic) bond motifs is 1. The maximum absolute atomic E-state index is 13.2. The Morgan fingerprint density at radius 3 is 2.56 bits per heavy atom. The zero-order valence-corrected chi connectivity index (χ0v) is 18.6. The van der Waals surface area contributed by atoms with Crippen molar-refractivity contribution in [3.05, 3.63) is 54.4 Å². The minimum atomic E-state index is 0.0578. The molecule has 2 aliphatic rings. The zero-order valence-electron chi connectivity index (χ0n) is 18.6. The number of anilines is 1. The van der Waals surface area contributed by atoms with Gasteiger partial charge in [0.25, 0.3) is 0 Å². The molecule has 2 aromatic heterocycles. The van der Waals surface area contributed by atoms with Crippen molar-refractivity contribution in [2.75, 3.05) is 18.0 Å². The molecule has 1 unspecified atom stereocenters. The molecule has 0 radical (unpaired) electrons. The average Bonchev–Trinajstić information content (AvgIpc) is 3.33. The van der Waals surface area contributed by atoms with Gasteiger partial charge in [0.15, 0.2) is 5.65 Å². The number of benzene rings is 1. The Kier molecular flexibility index (Phi) is 6.32. The number of nitrogens with one attached hydrogen (secondary N) is 1. The van der Waals surface area contributed by atoms with E-state index in [0.29, 0.717) is 0 Å². The Bertz CT molecular complexity index is 1020. The van der Waals surface area contributed by atoms with Gasteiger partial charge in [-0.05, 0) is 42.9 Å². The van der Waals surface area contributed by atoms with Crippen molar-refractivity contribution in [1.82, 2.24) is 25.1 Å². The van der Waals surface area contributed by atoms with Crippen LogP contribution in [0.2, 0.25) is 0 Å². The first-order valence-electron chi connectivity index (χ1n) is 12.0. The van der Waals surface area contributed by atoms with E-state index in [1.807, 2.05) is 18.2 Å². The lowest BCUT2D eigenvalue weighted by Crippen LogP contribution is -2.42. The molecular weight excluding hydrogens is 400 g/mol. The van der Waals surface area contributed by atoms with Gasteiger partial charge in [-0.15, -0.1) is 15.3 Å². The molecular formula is C25H32N6O. The summed E-state index contributed by atoms with van der Waals surface area (Å²) >= 11 is 0. The fourth-order valence-corrected chi connectivity index (χ4v) is 5.27.